The van der Waals surface area contributed by atoms with E-state index >= 15 is 0 Å². The number of hydrogen-bond acceptors (Lipinski definition) is 4. The normalized spacial score (nSPS) is 15.2. The van der Waals surface area contributed by atoms with E-state index in [1.165, 1.54) is 0 Å². The van der Waals surface area contributed by atoms with E-state index in [1.807, 2.05) is 12.1 Å². The zero-order valence-corrected chi connectivity index (χ0v) is 12.9. The van der Waals surface area contributed by atoms with Crippen LogP contribution in [-0.4, -0.2) is 26.4 Å². The van der Waals surface area contributed by atoms with Crippen LogP contribution in [0, 0.1) is 5.92 Å². The van der Waals surface area contributed by atoms with Gasteiger partial charge in [0, 0.05) is 12.6 Å². The number of rotatable bonds is 6. The number of hydrogen-bond donors (Lipinski definition) is 1. The van der Waals surface area contributed by atoms with Crippen molar-refractivity contribution in [3.63, 3.8) is 0 Å². The zero-order valence-electron chi connectivity index (χ0n) is 12.9. The molecule has 1 unspecified atom stereocenters. The van der Waals surface area contributed by atoms with Gasteiger partial charge in [0.15, 0.2) is 11.5 Å². The molecule has 0 spiro atoms. The third-order valence-corrected chi connectivity index (χ3v) is 3.70. The summed E-state index contributed by atoms with van der Waals surface area (Å²) in [6.07, 6.45) is 1.12. The first kappa shape index (κ1) is 15.0. The molecule has 1 aromatic rings. The Morgan fingerprint density at radius 2 is 2.00 bits per heavy atom. The Bertz CT molecular complexity index is 428. The first-order chi connectivity index (χ1) is 9.65. The van der Waals surface area contributed by atoms with Gasteiger partial charge in [-0.05, 0) is 30.0 Å². The summed E-state index contributed by atoms with van der Waals surface area (Å²) in [7, 11) is 1.66. The van der Waals surface area contributed by atoms with Crippen molar-refractivity contribution in [2.24, 2.45) is 5.92 Å². The number of ether oxygens (including phenoxy) is 3. The van der Waals surface area contributed by atoms with Crippen LogP contribution >= 0.6 is 0 Å². The molecule has 4 nitrogen and oxygen atoms in total. The molecule has 20 heavy (non-hydrogen) atoms. The highest BCUT2D eigenvalue weighted by Crippen LogP contribution is 2.40. The lowest BCUT2D eigenvalue weighted by molar-refractivity contribution is 0.165. The van der Waals surface area contributed by atoms with Crippen LogP contribution in [0.15, 0.2) is 12.1 Å². The lowest BCUT2D eigenvalue weighted by Gasteiger charge is -2.23. The largest absolute Gasteiger partial charge is 0.493 e. The van der Waals surface area contributed by atoms with E-state index in [4.69, 9.17) is 14.2 Å². The molecular formula is C16H25NO3. The molecule has 1 atom stereocenters. The maximum Gasteiger partial charge on any atom is 0.203 e. The number of methoxy groups -OCH3 is 1. The summed E-state index contributed by atoms with van der Waals surface area (Å²) in [5.41, 5.74) is 1.16. The molecule has 0 aromatic heterocycles. The average molecular weight is 279 g/mol. The Balaban J connectivity index is 2.12. The molecule has 0 saturated carbocycles. The molecule has 0 aliphatic carbocycles. The third kappa shape index (κ3) is 3.37. The van der Waals surface area contributed by atoms with E-state index in [-0.39, 0.29) is 0 Å². The highest BCUT2D eigenvalue weighted by molar-refractivity contribution is 5.54. The van der Waals surface area contributed by atoms with Crippen LogP contribution in [0.3, 0.4) is 0 Å². The second kappa shape index (κ2) is 6.84. The summed E-state index contributed by atoms with van der Waals surface area (Å²) in [5, 5.41) is 3.59. The smallest absolute Gasteiger partial charge is 0.203 e. The van der Waals surface area contributed by atoms with Crippen LogP contribution in [0.1, 0.15) is 32.8 Å². The zero-order chi connectivity index (χ0) is 14.5. The Kier molecular flexibility index (Phi) is 5.12. The fraction of sp³-hybridized carbons (Fsp3) is 0.625. The molecule has 4 heteroatoms. The van der Waals surface area contributed by atoms with Gasteiger partial charge in [-0.3, -0.25) is 0 Å². The Morgan fingerprint density at radius 3 is 2.65 bits per heavy atom. The van der Waals surface area contributed by atoms with Gasteiger partial charge >= 0.3 is 0 Å². The molecule has 1 aromatic carbocycles. The van der Waals surface area contributed by atoms with E-state index < -0.39 is 0 Å². The molecule has 1 heterocycles. The minimum absolute atomic E-state index is 0.522. The summed E-state index contributed by atoms with van der Waals surface area (Å²) in [6, 6.07) is 4.58. The van der Waals surface area contributed by atoms with Crippen molar-refractivity contribution in [3.8, 4) is 17.2 Å². The highest BCUT2D eigenvalue weighted by Gasteiger charge is 2.19. The van der Waals surface area contributed by atoms with Crippen LogP contribution in [0.4, 0.5) is 0 Å². The fourth-order valence-electron chi connectivity index (χ4n) is 2.53. The molecule has 0 amide bonds. The first-order valence-corrected chi connectivity index (χ1v) is 7.35. The van der Waals surface area contributed by atoms with Crippen molar-refractivity contribution in [3.05, 3.63) is 17.7 Å². The van der Waals surface area contributed by atoms with Gasteiger partial charge < -0.3 is 19.5 Å². The van der Waals surface area contributed by atoms with E-state index in [1.54, 1.807) is 7.11 Å². The Morgan fingerprint density at radius 1 is 1.25 bits per heavy atom. The molecule has 112 valence electrons. The van der Waals surface area contributed by atoms with E-state index in [9.17, 15) is 0 Å². The summed E-state index contributed by atoms with van der Waals surface area (Å²) in [5.74, 6) is 2.87. The standard InChI is InChI=1S/C16H25NO3/c1-5-13(11(2)3)17-10-12-8-14(18-4)16-15(9-12)19-6-7-20-16/h8-9,11,13,17H,5-7,10H2,1-4H3. The van der Waals surface area contributed by atoms with Gasteiger partial charge in [-0.25, -0.2) is 0 Å². The average Bonchev–Trinajstić information content (AvgIpc) is 2.46. The van der Waals surface area contributed by atoms with Gasteiger partial charge in [0.25, 0.3) is 0 Å². The molecule has 0 radical (unpaired) electrons. The molecule has 1 N–H and O–H groups in total. The molecular weight excluding hydrogens is 254 g/mol. The molecule has 1 aliphatic rings. The summed E-state index contributed by atoms with van der Waals surface area (Å²) in [4.78, 5) is 0. The van der Waals surface area contributed by atoms with Gasteiger partial charge in [-0.2, -0.15) is 0 Å². The predicted octanol–water partition coefficient (Wildman–Crippen LogP) is 2.99. The topological polar surface area (TPSA) is 39.7 Å². The second-order valence-corrected chi connectivity index (χ2v) is 5.46. The quantitative estimate of drug-likeness (QED) is 0.869. The van der Waals surface area contributed by atoms with Crippen molar-refractivity contribution < 1.29 is 14.2 Å². The number of benzene rings is 1. The molecule has 0 fully saturated rings. The summed E-state index contributed by atoms with van der Waals surface area (Å²) < 4.78 is 16.7. The van der Waals surface area contributed by atoms with E-state index in [0.717, 1.165) is 35.8 Å². The van der Waals surface area contributed by atoms with E-state index in [2.05, 4.69) is 26.1 Å². The monoisotopic (exact) mass is 279 g/mol. The van der Waals surface area contributed by atoms with Crippen LogP contribution in [0.25, 0.3) is 0 Å². The van der Waals surface area contributed by atoms with E-state index in [0.29, 0.717) is 25.2 Å². The van der Waals surface area contributed by atoms with Gasteiger partial charge in [-0.15, -0.1) is 0 Å². The highest BCUT2D eigenvalue weighted by atomic mass is 16.6. The van der Waals surface area contributed by atoms with Crippen LogP contribution in [0.2, 0.25) is 0 Å². The first-order valence-electron chi connectivity index (χ1n) is 7.35. The molecule has 0 bridgehead atoms. The Hall–Kier alpha value is -1.42. The number of fused-ring (bicyclic) bond motifs is 1. The lowest BCUT2D eigenvalue weighted by Crippen LogP contribution is -2.32. The van der Waals surface area contributed by atoms with Crippen LogP contribution < -0.4 is 19.5 Å². The lowest BCUT2D eigenvalue weighted by atomic mass is 10.0. The predicted molar refractivity (Wildman–Crippen MR) is 79.7 cm³/mol. The summed E-state index contributed by atoms with van der Waals surface area (Å²) in [6.45, 7) is 8.67. The molecule has 1 aliphatic heterocycles. The van der Waals surface area contributed by atoms with Gasteiger partial charge in [0.2, 0.25) is 5.75 Å². The Labute approximate surface area is 121 Å². The van der Waals surface area contributed by atoms with Gasteiger partial charge in [0.1, 0.15) is 13.2 Å². The minimum atomic E-state index is 0.522. The molecule has 0 saturated heterocycles. The maximum absolute atomic E-state index is 5.65. The van der Waals surface area contributed by atoms with Crippen LogP contribution in [0.5, 0.6) is 17.2 Å². The van der Waals surface area contributed by atoms with Crippen molar-refractivity contribution >= 4 is 0 Å². The maximum atomic E-state index is 5.65. The third-order valence-electron chi connectivity index (χ3n) is 3.70. The van der Waals surface area contributed by atoms with Crippen molar-refractivity contribution in [2.75, 3.05) is 20.3 Å². The second-order valence-electron chi connectivity index (χ2n) is 5.46. The minimum Gasteiger partial charge on any atom is -0.493 e. The molecule has 2 rings (SSSR count). The van der Waals surface area contributed by atoms with Gasteiger partial charge in [-0.1, -0.05) is 20.8 Å². The summed E-state index contributed by atoms with van der Waals surface area (Å²) >= 11 is 0. The van der Waals surface area contributed by atoms with Gasteiger partial charge in [0.05, 0.1) is 7.11 Å². The number of nitrogens with one attached hydrogen (secondary N) is 1. The van der Waals surface area contributed by atoms with Crippen molar-refractivity contribution in [1.82, 2.24) is 5.32 Å². The fourth-order valence-corrected chi connectivity index (χ4v) is 2.53. The van der Waals surface area contributed by atoms with Crippen molar-refractivity contribution in [1.29, 1.82) is 0 Å². The van der Waals surface area contributed by atoms with Crippen LogP contribution in [-0.2, 0) is 6.54 Å². The SMILES string of the molecule is CCC(NCc1cc(OC)c2c(c1)OCCO2)C(C)C. The van der Waals surface area contributed by atoms with Crippen molar-refractivity contribution in [2.45, 2.75) is 39.8 Å².